The maximum atomic E-state index is 5.18. The van der Waals surface area contributed by atoms with Crippen molar-refractivity contribution in [2.75, 3.05) is 24.3 Å². The van der Waals surface area contributed by atoms with E-state index in [0.717, 1.165) is 30.1 Å². The fourth-order valence-corrected chi connectivity index (χ4v) is 2.11. The molecule has 0 radical (unpaired) electrons. The Morgan fingerprint density at radius 3 is 2.52 bits per heavy atom. The monoisotopic (exact) mass is 285 g/mol. The number of ether oxygens (including phenoxy) is 1. The van der Waals surface area contributed by atoms with Gasteiger partial charge in [0.05, 0.1) is 30.9 Å². The summed E-state index contributed by atoms with van der Waals surface area (Å²) in [7, 11) is 1.68. The lowest BCUT2D eigenvalue weighted by atomic mass is 10.1. The smallest absolute Gasteiger partial charge is 0.118 e. The summed E-state index contributed by atoms with van der Waals surface area (Å²) in [5, 5.41) is 6.81. The van der Waals surface area contributed by atoms with Gasteiger partial charge in [-0.3, -0.25) is 4.98 Å². The maximum Gasteiger partial charge on any atom is 0.118 e. The Labute approximate surface area is 126 Å². The van der Waals surface area contributed by atoms with Crippen LogP contribution in [0.15, 0.2) is 42.7 Å². The predicted octanol–water partition coefficient (Wildman–Crippen LogP) is 4.09. The summed E-state index contributed by atoms with van der Waals surface area (Å²) < 4.78 is 5.18. The van der Waals surface area contributed by atoms with E-state index in [1.807, 2.05) is 24.5 Å². The SMILES string of the molecule is CCCNc1cncc(NC(C)c2ccc(OC)cc2)c1. The lowest BCUT2D eigenvalue weighted by molar-refractivity contribution is 0.414. The summed E-state index contributed by atoms with van der Waals surface area (Å²) in [5.41, 5.74) is 3.27. The highest BCUT2D eigenvalue weighted by atomic mass is 16.5. The number of hydrogen-bond acceptors (Lipinski definition) is 4. The van der Waals surface area contributed by atoms with Gasteiger partial charge in [-0.25, -0.2) is 0 Å². The topological polar surface area (TPSA) is 46.2 Å². The Bertz CT molecular complexity index is 554. The Morgan fingerprint density at radius 1 is 1.14 bits per heavy atom. The Morgan fingerprint density at radius 2 is 1.86 bits per heavy atom. The first-order chi connectivity index (χ1) is 10.2. The highest BCUT2D eigenvalue weighted by molar-refractivity contribution is 5.54. The van der Waals surface area contributed by atoms with E-state index in [-0.39, 0.29) is 6.04 Å². The van der Waals surface area contributed by atoms with Crippen molar-refractivity contribution in [3.05, 3.63) is 48.3 Å². The number of benzene rings is 1. The van der Waals surface area contributed by atoms with Gasteiger partial charge in [0, 0.05) is 12.6 Å². The summed E-state index contributed by atoms with van der Waals surface area (Å²) >= 11 is 0. The number of rotatable bonds is 7. The second-order valence-electron chi connectivity index (χ2n) is 5.03. The number of pyridine rings is 1. The number of aromatic nitrogens is 1. The van der Waals surface area contributed by atoms with Gasteiger partial charge in [0.25, 0.3) is 0 Å². The Balaban J connectivity index is 2.02. The minimum absolute atomic E-state index is 0.208. The lowest BCUT2D eigenvalue weighted by Crippen LogP contribution is -2.07. The molecule has 2 rings (SSSR count). The molecule has 112 valence electrons. The highest BCUT2D eigenvalue weighted by Crippen LogP contribution is 2.22. The van der Waals surface area contributed by atoms with Crippen molar-refractivity contribution in [3.63, 3.8) is 0 Å². The third-order valence-electron chi connectivity index (χ3n) is 3.32. The van der Waals surface area contributed by atoms with Crippen LogP contribution in [0.2, 0.25) is 0 Å². The van der Waals surface area contributed by atoms with Gasteiger partial charge in [0.15, 0.2) is 0 Å². The van der Waals surface area contributed by atoms with E-state index in [2.05, 4.69) is 47.7 Å². The van der Waals surface area contributed by atoms with Gasteiger partial charge in [0.1, 0.15) is 5.75 Å². The van der Waals surface area contributed by atoms with Crippen LogP contribution in [0.4, 0.5) is 11.4 Å². The molecule has 1 aromatic heterocycles. The molecule has 0 aliphatic heterocycles. The van der Waals surface area contributed by atoms with Gasteiger partial charge >= 0.3 is 0 Å². The molecule has 2 aromatic rings. The summed E-state index contributed by atoms with van der Waals surface area (Å²) in [4.78, 5) is 4.27. The molecule has 0 saturated heterocycles. The fraction of sp³-hybridized carbons (Fsp3) is 0.353. The van der Waals surface area contributed by atoms with E-state index in [4.69, 9.17) is 4.74 Å². The first-order valence-corrected chi connectivity index (χ1v) is 7.32. The molecule has 2 N–H and O–H groups in total. The molecule has 0 saturated carbocycles. The summed E-state index contributed by atoms with van der Waals surface area (Å²) in [6, 6.07) is 10.4. The van der Waals surface area contributed by atoms with E-state index in [9.17, 15) is 0 Å². The van der Waals surface area contributed by atoms with Crippen LogP contribution in [-0.4, -0.2) is 18.6 Å². The van der Waals surface area contributed by atoms with E-state index in [0.29, 0.717) is 0 Å². The van der Waals surface area contributed by atoms with Gasteiger partial charge < -0.3 is 15.4 Å². The van der Waals surface area contributed by atoms with Crippen LogP contribution >= 0.6 is 0 Å². The molecule has 1 aromatic carbocycles. The second kappa shape index (κ2) is 7.53. The minimum Gasteiger partial charge on any atom is -0.497 e. The van der Waals surface area contributed by atoms with Crippen LogP contribution in [0.1, 0.15) is 31.9 Å². The third-order valence-corrected chi connectivity index (χ3v) is 3.32. The number of methoxy groups -OCH3 is 1. The van der Waals surface area contributed by atoms with Crippen molar-refractivity contribution in [1.29, 1.82) is 0 Å². The molecule has 21 heavy (non-hydrogen) atoms. The molecular weight excluding hydrogens is 262 g/mol. The van der Waals surface area contributed by atoms with Crippen LogP contribution in [0.5, 0.6) is 5.75 Å². The largest absolute Gasteiger partial charge is 0.497 e. The molecule has 0 spiro atoms. The first kappa shape index (κ1) is 15.2. The molecule has 4 heteroatoms. The molecule has 0 amide bonds. The number of hydrogen-bond donors (Lipinski definition) is 2. The van der Waals surface area contributed by atoms with Crippen molar-refractivity contribution in [2.45, 2.75) is 26.3 Å². The average Bonchev–Trinajstić information content (AvgIpc) is 2.53. The van der Waals surface area contributed by atoms with Gasteiger partial charge in [-0.05, 0) is 37.1 Å². The summed E-state index contributed by atoms with van der Waals surface area (Å²) in [5.74, 6) is 0.873. The quantitative estimate of drug-likeness (QED) is 0.804. The normalized spacial score (nSPS) is 11.8. The molecule has 1 unspecified atom stereocenters. The van der Waals surface area contributed by atoms with Gasteiger partial charge in [-0.1, -0.05) is 19.1 Å². The molecule has 0 aliphatic rings. The van der Waals surface area contributed by atoms with Crippen LogP contribution in [-0.2, 0) is 0 Å². The maximum absolute atomic E-state index is 5.18. The zero-order valence-electron chi connectivity index (χ0n) is 12.9. The van der Waals surface area contributed by atoms with Gasteiger partial charge in [-0.15, -0.1) is 0 Å². The van der Waals surface area contributed by atoms with E-state index in [1.165, 1.54) is 5.56 Å². The van der Waals surface area contributed by atoms with E-state index in [1.54, 1.807) is 7.11 Å². The third kappa shape index (κ3) is 4.38. The van der Waals surface area contributed by atoms with Crippen molar-refractivity contribution >= 4 is 11.4 Å². The van der Waals surface area contributed by atoms with Crippen molar-refractivity contribution in [1.82, 2.24) is 4.98 Å². The Hall–Kier alpha value is -2.23. The van der Waals surface area contributed by atoms with Crippen LogP contribution in [0.3, 0.4) is 0 Å². The van der Waals surface area contributed by atoms with Gasteiger partial charge in [-0.2, -0.15) is 0 Å². The van der Waals surface area contributed by atoms with Crippen LogP contribution in [0, 0.1) is 0 Å². The highest BCUT2D eigenvalue weighted by Gasteiger charge is 2.06. The van der Waals surface area contributed by atoms with E-state index < -0.39 is 0 Å². The Kier molecular flexibility index (Phi) is 5.43. The zero-order valence-corrected chi connectivity index (χ0v) is 12.9. The summed E-state index contributed by atoms with van der Waals surface area (Å²) in [6.07, 6.45) is 4.79. The molecule has 0 bridgehead atoms. The number of nitrogens with one attached hydrogen (secondary N) is 2. The molecule has 1 atom stereocenters. The molecule has 1 heterocycles. The van der Waals surface area contributed by atoms with Crippen molar-refractivity contribution in [2.24, 2.45) is 0 Å². The predicted molar refractivity (Wildman–Crippen MR) is 88.0 cm³/mol. The molecule has 0 aliphatic carbocycles. The molecule has 4 nitrogen and oxygen atoms in total. The standard InChI is InChI=1S/C17H23N3O/c1-4-9-19-15-10-16(12-18-11-15)20-13(2)14-5-7-17(21-3)8-6-14/h5-8,10-13,19-20H,4,9H2,1-3H3. The van der Waals surface area contributed by atoms with Crippen LogP contribution < -0.4 is 15.4 Å². The van der Waals surface area contributed by atoms with Crippen LogP contribution in [0.25, 0.3) is 0 Å². The molecule has 0 fully saturated rings. The van der Waals surface area contributed by atoms with Gasteiger partial charge in [0.2, 0.25) is 0 Å². The molecular formula is C17H23N3O. The summed E-state index contributed by atoms with van der Waals surface area (Å²) in [6.45, 7) is 5.24. The van der Waals surface area contributed by atoms with E-state index >= 15 is 0 Å². The fourth-order valence-electron chi connectivity index (χ4n) is 2.11. The first-order valence-electron chi connectivity index (χ1n) is 7.32. The van der Waals surface area contributed by atoms with Crippen molar-refractivity contribution < 1.29 is 4.74 Å². The minimum atomic E-state index is 0.208. The zero-order chi connectivity index (χ0) is 15.1. The van der Waals surface area contributed by atoms with Crippen molar-refractivity contribution in [3.8, 4) is 5.75 Å². The second-order valence-corrected chi connectivity index (χ2v) is 5.03. The lowest BCUT2D eigenvalue weighted by Gasteiger charge is -2.16. The average molecular weight is 285 g/mol. The number of anilines is 2. The number of nitrogens with zero attached hydrogens (tertiary/aromatic N) is 1.